The van der Waals surface area contributed by atoms with Gasteiger partial charge < -0.3 is 5.11 Å². The summed E-state index contributed by atoms with van der Waals surface area (Å²) in [6, 6.07) is -0.838. The third-order valence-corrected chi connectivity index (χ3v) is 2.98. The van der Waals surface area contributed by atoms with Crippen LogP contribution in [0.2, 0.25) is 0 Å². The number of alkyl halides is 6. The van der Waals surface area contributed by atoms with E-state index >= 15 is 0 Å². The maximum atomic E-state index is 13.0. The summed E-state index contributed by atoms with van der Waals surface area (Å²) in [6.07, 6.45) is -10.5. The van der Waals surface area contributed by atoms with Gasteiger partial charge in [0.15, 0.2) is 0 Å². The molecule has 0 heterocycles. The summed E-state index contributed by atoms with van der Waals surface area (Å²) in [7, 11) is 0. The summed E-state index contributed by atoms with van der Waals surface area (Å²) < 4.78 is 76.5. The zero-order valence-corrected chi connectivity index (χ0v) is 10.4. The molecule has 21 heavy (non-hydrogen) atoms. The van der Waals surface area contributed by atoms with Gasteiger partial charge in [0.05, 0.1) is 5.56 Å². The molecular weight excluding hydrogens is 308 g/mol. The van der Waals surface area contributed by atoms with E-state index in [4.69, 9.17) is 0 Å². The average Bonchev–Trinajstić information content (AvgIpc) is 2.34. The quantitative estimate of drug-likeness (QED) is 0.529. The van der Waals surface area contributed by atoms with Crippen molar-refractivity contribution >= 4 is 0 Å². The molecule has 0 aliphatic heterocycles. The second-order valence-corrected chi connectivity index (χ2v) is 4.30. The topological polar surface area (TPSA) is 63.4 Å². The van der Waals surface area contributed by atoms with Crippen LogP contribution < -0.4 is 0 Å². The molecule has 2 atom stereocenters. The number of nitrogens with zero attached hydrogens (tertiary/aromatic N) is 1. The van der Waals surface area contributed by atoms with Gasteiger partial charge in [-0.3, -0.25) is 10.1 Å². The number of hydrogen-bond donors (Lipinski definition) is 1. The Kier molecular flexibility index (Phi) is 4.24. The highest BCUT2D eigenvalue weighted by Gasteiger charge is 2.63. The van der Waals surface area contributed by atoms with Crippen LogP contribution in [0.25, 0.3) is 0 Å². The summed E-state index contributed by atoms with van der Waals surface area (Å²) in [4.78, 5) is 9.16. The summed E-state index contributed by atoms with van der Waals surface area (Å²) in [6.45, 7) is 0.466. The lowest BCUT2D eigenvalue weighted by atomic mass is 9.86. The van der Waals surface area contributed by atoms with Gasteiger partial charge >= 0.3 is 12.4 Å². The lowest BCUT2D eigenvalue weighted by molar-refractivity contribution is -0.559. The van der Waals surface area contributed by atoms with Crippen molar-refractivity contribution in [2.24, 2.45) is 0 Å². The Hall–Kier alpha value is -1.84. The molecule has 0 bridgehead atoms. The van der Waals surface area contributed by atoms with E-state index in [-0.39, 0.29) is 6.07 Å². The summed E-state index contributed by atoms with van der Waals surface area (Å²) in [5, 5.41) is 20.3. The zero-order chi connectivity index (χ0) is 16.6. The van der Waals surface area contributed by atoms with Gasteiger partial charge in [0.1, 0.15) is 0 Å². The van der Waals surface area contributed by atoms with Crippen LogP contribution in [-0.2, 0) is 11.8 Å². The van der Waals surface area contributed by atoms with Crippen LogP contribution in [0.1, 0.15) is 18.1 Å². The van der Waals surface area contributed by atoms with Crippen molar-refractivity contribution in [1.29, 1.82) is 0 Å². The van der Waals surface area contributed by atoms with E-state index in [1.807, 2.05) is 0 Å². The van der Waals surface area contributed by atoms with E-state index in [0.29, 0.717) is 25.1 Å². The largest absolute Gasteiger partial charge is 0.428 e. The highest BCUT2D eigenvalue weighted by atomic mass is 19.4. The van der Waals surface area contributed by atoms with Crippen molar-refractivity contribution in [1.82, 2.24) is 0 Å². The minimum Gasteiger partial charge on any atom is -0.371 e. The predicted octanol–water partition coefficient (Wildman–Crippen LogP) is 3.12. The molecule has 0 spiro atoms. The van der Waals surface area contributed by atoms with E-state index < -0.39 is 40.0 Å². The fourth-order valence-electron chi connectivity index (χ4n) is 1.73. The minimum absolute atomic E-state index is 0.0491. The number of benzene rings is 1. The van der Waals surface area contributed by atoms with Gasteiger partial charge in [-0.25, -0.2) is 0 Å². The Bertz CT molecular complexity index is 541. The van der Waals surface area contributed by atoms with Gasteiger partial charge in [-0.1, -0.05) is 12.1 Å². The van der Waals surface area contributed by atoms with Crippen molar-refractivity contribution in [3.8, 4) is 0 Å². The van der Waals surface area contributed by atoms with Gasteiger partial charge in [0, 0.05) is 17.4 Å². The second kappa shape index (κ2) is 5.17. The van der Waals surface area contributed by atoms with Crippen molar-refractivity contribution in [3.63, 3.8) is 0 Å². The highest BCUT2D eigenvalue weighted by molar-refractivity contribution is 5.32. The van der Waals surface area contributed by atoms with Crippen molar-refractivity contribution in [2.75, 3.05) is 0 Å². The first-order chi connectivity index (χ1) is 9.31. The van der Waals surface area contributed by atoms with E-state index in [2.05, 4.69) is 0 Å². The second-order valence-electron chi connectivity index (χ2n) is 4.30. The molecule has 0 aliphatic carbocycles. The lowest BCUT2D eigenvalue weighted by Gasteiger charge is -2.31. The molecule has 1 N–H and O–H groups in total. The molecule has 1 rings (SSSR count). The third-order valence-electron chi connectivity index (χ3n) is 2.98. The van der Waals surface area contributed by atoms with Gasteiger partial charge in [-0.2, -0.15) is 26.3 Å². The molecule has 10 heteroatoms. The fourth-order valence-corrected chi connectivity index (χ4v) is 1.73. The third kappa shape index (κ3) is 3.09. The lowest BCUT2D eigenvalue weighted by Crippen LogP contribution is -2.53. The molecule has 0 amide bonds. The molecule has 0 saturated heterocycles. The molecule has 0 saturated carbocycles. The van der Waals surface area contributed by atoms with Gasteiger partial charge in [0.25, 0.3) is 11.6 Å². The Morgan fingerprint density at radius 3 is 2.00 bits per heavy atom. The van der Waals surface area contributed by atoms with Gasteiger partial charge in [-0.15, -0.1) is 0 Å². The molecule has 4 nitrogen and oxygen atoms in total. The summed E-state index contributed by atoms with van der Waals surface area (Å²) >= 11 is 0. The fraction of sp³-hybridized carbons (Fsp3) is 0.455. The van der Waals surface area contributed by atoms with Crippen LogP contribution in [0.5, 0.6) is 0 Å². The molecule has 2 unspecified atom stereocenters. The smallest absolute Gasteiger partial charge is 0.371 e. The van der Waals surface area contributed by atoms with Crippen LogP contribution >= 0.6 is 0 Å². The number of halogens is 6. The van der Waals surface area contributed by atoms with Crippen LogP contribution in [0.15, 0.2) is 24.3 Å². The summed E-state index contributed by atoms with van der Waals surface area (Å²) in [5.41, 5.74) is -6.72. The van der Waals surface area contributed by atoms with Crippen LogP contribution in [0, 0.1) is 10.1 Å². The van der Waals surface area contributed by atoms with E-state index in [1.165, 1.54) is 0 Å². The maximum absolute atomic E-state index is 13.0. The molecule has 0 fully saturated rings. The molecule has 0 radical (unpaired) electrons. The zero-order valence-electron chi connectivity index (χ0n) is 10.4. The van der Waals surface area contributed by atoms with Crippen molar-refractivity contribution in [2.45, 2.75) is 30.9 Å². The monoisotopic (exact) mass is 317 g/mol. The Labute approximate surface area is 114 Å². The first-order valence-corrected chi connectivity index (χ1v) is 5.42. The normalized spacial score (nSPS) is 17.1. The molecule has 0 aromatic heterocycles. The number of rotatable bonds is 3. The first kappa shape index (κ1) is 17.2. The van der Waals surface area contributed by atoms with Crippen LogP contribution in [0.4, 0.5) is 26.3 Å². The van der Waals surface area contributed by atoms with Crippen molar-refractivity contribution < 1.29 is 36.4 Å². The first-order valence-electron chi connectivity index (χ1n) is 5.42. The number of nitro groups is 1. The summed E-state index contributed by atoms with van der Waals surface area (Å²) in [5.74, 6) is 0. The highest BCUT2D eigenvalue weighted by Crippen LogP contribution is 2.43. The maximum Gasteiger partial charge on any atom is 0.428 e. The molecule has 1 aromatic rings. The molecular formula is C11H9F6NO3. The van der Waals surface area contributed by atoms with E-state index in [1.54, 1.807) is 0 Å². The van der Waals surface area contributed by atoms with Gasteiger partial charge in [-0.05, 0) is 12.1 Å². The van der Waals surface area contributed by atoms with Crippen LogP contribution in [0.3, 0.4) is 0 Å². The molecule has 1 aromatic carbocycles. The molecule has 118 valence electrons. The standard InChI is InChI=1S/C11H9F6NO3/c1-6(18(20)21)9(19,11(15,16)17)7-3-2-4-8(5-7)10(12,13)14/h2-6,19H,1H3. The van der Waals surface area contributed by atoms with Crippen LogP contribution in [-0.4, -0.2) is 22.2 Å². The minimum atomic E-state index is -5.52. The van der Waals surface area contributed by atoms with Crippen molar-refractivity contribution in [3.05, 3.63) is 45.5 Å². The number of hydrogen-bond acceptors (Lipinski definition) is 3. The van der Waals surface area contributed by atoms with E-state index in [0.717, 1.165) is 0 Å². The molecule has 0 aliphatic rings. The average molecular weight is 317 g/mol. The van der Waals surface area contributed by atoms with Gasteiger partial charge in [0.2, 0.25) is 0 Å². The predicted molar refractivity (Wildman–Crippen MR) is 57.9 cm³/mol. The number of aliphatic hydroxyl groups is 1. The SMILES string of the molecule is CC([N+](=O)[O-])C(O)(c1cccc(C(F)(F)F)c1)C(F)(F)F. The van der Waals surface area contributed by atoms with E-state index in [9.17, 15) is 41.6 Å². The Balaban J connectivity index is 3.52. The Morgan fingerprint density at radius 1 is 1.14 bits per heavy atom. The Morgan fingerprint density at radius 2 is 1.62 bits per heavy atom.